The highest BCUT2D eigenvalue weighted by Crippen LogP contribution is 2.28. The summed E-state index contributed by atoms with van der Waals surface area (Å²) in [5.74, 6) is 0.933. The van der Waals surface area contributed by atoms with Gasteiger partial charge in [-0.05, 0) is 32.0 Å². The lowest BCUT2D eigenvalue weighted by Gasteiger charge is -2.10. The van der Waals surface area contributed by atoms with Crippen LogP contribution in [-0.2, 0) is 13.6 Å². The number of hydrogen-bond acceptors (Lipinski definition) is 2. The molecule has 2 rings (SSSR count). The average molecular weight is 218 g/mol. The molecule has 0 radical (unpaired) electrons. The van der Waals surface area contributed by atoms with E-state index in [1.54, 1.807) is 0 Å². The summed E-state index contributed by atoms with van der Waals surface area (Å²) in [7, 11) is 2.03. The van der Waals surface area contributed by atoms with Crippen molar-refractivity contribution in [2.24, 2.45) is 12.8 Å². The van der Waals surface area contributed by atoms with Gasteiger partial charge in [0.25, 0.3) is 0 Å². The Morgan fingerprint density at radius 2 is 2.12 bits per heavy atom. The Kier molecular flexibility index (Phi) is 2.88. The molecule has 0 aliphatic rings. The van der Waals surface area contributed by atoms with Crippen LogP contribution in [0.25, 0.3) is 10.9 Å². The first-order chi connectivity index (χ1) is 7.63. The predicted molar refractivity (Wildman–Crippen MR) is 66.6 cm³/mol. The second-order valence-electron chi connectivity index (χ2n) is 4.25. The number of aryl methyl sites for hydroxylation is 1. The van der Waals surface area contributed by atoms with Crippen LogP contribution >= 0.6 is 0 Å². The molecule has 3 nitrogen and oxygen atoms in total. The summed E-state index contributed by atoms with van der Waals surface area (Å²) in [4.78, 5) is 0. The van der Waals surface area contributed by atoms with Gasteiger partial charge >= 0.3 is 0 Å². The second-order valence-corrected chi connectivity index (χ2v) is 4.25. The molecule has 86 valence electrons. The fourth-order valence-corrected chi connectivity index (χ4v) is 1.94. The normalized spacial score (nSPS) is 11.3. The summed E-state index contributed by atoms with van der Waals surface area (Å²) < 4.78 is 7.90. The van der Waals surface area contributed by atoms with Gasteiger partial charge in [0.05, 0.1) is 11.6 Å². The molecule has 0 saturated carbocycles. The van der Waals surface area contributed by atoms with Crippen molar-refractivity contribution in [2.45, 2.75) is 26.5 Å². The van der Waals surface area contributed by atoms with Gasteiger partial charge in [-0.15, -0.1) is 0 Å². The lowest BCUT2D eigenvalue weighted by atomic mass is 10.2. The van der Waals surface area contributed by atoms with Crippen molar-refractivity contribution in [3.05, 3.63) is 30.0 Å². The molecular weight excluding hydrogens is 200 g/mol. The number of nitrogens with two attached hydrogens (primary N) is 1. The predicted octanol–water partition coefficient (Wildman–Crippen LogP) is 2.42. The minimum Gasteiger partial charge on any atom is -0.490 e. The molecule has 2 aromatic rings. The Labute approximate surface area is 95.8 Å². The highest BCUT2D eigenvalue weighted by molar-refractivity contribution is 5.87. The zero-order valence-electron chi connectivity index (χ0n) is 10.0. The third kappa shape index (κ3) is 1.78. The van der Waals surface area contributed by atoms with E-state index in [0.717, 1.165) is 16.8 Å². The molecule has 16 heavy (non-hydrogen) atoms. The van der Waals surface area contributed by atoms with Crippen LogP contribution in [-0.4, -0.2) is 10.7 Å². The topological polar surface area (TPSA) is 40.2 Å². The van der Waals surface area contributed by atoms with Gasteiger partial charge in [0.15, 0.2) is 0 Å². The fourth-order valence-electron chi connectivity index (χ4n) is 1.94. The Balaban J connectivity index is 2.59. The van der Waals surface area contributed by atoms with Crippen LogP contribution in [0, 0.1) is 0 Å². The number of benzene rings is 1. The monoisotopic (exact) mass is 218 g/mol. The largest absolute Gasteiger partial charge is 0.490 e. The molecule has 0 aliphatic carbocycles. The minimum atomic E-state index is 0.187. The van der Waals surface area contributed by atoms with E-state index < -0.39 is 0 Å². The van der Waals surface area contributed by atoms with Gasteiger partial charge in [-0.25, -0.2) is 0 Å². The molecule has 1 aromatic heterocycles. The van der Waals surface area contributed by atoms with E-state index in [1.807, 2.05) is 33.0 Å². The van der Waals surface area contributed by atoms with Gasteiger partial charge in [0.1, 0.15) is 5.75 Å². The molecule has 1 heterocycles. The van der Waals surface area contributed by atoms with E-state index >= 15 is 0 Å². The molecule has 0 saturated heterocycles. The number of hydrogen-bond donors (Lipinski definition) is 1. The lowest BCUT2D eigenvalue weighted by molar-refractivity contribution is 0.245. The fraction of sp³-hybridized carbons (Fsp3) is 0.385. The van der Waals surface area contributed by atoms with Crippen molar-refractivity contribution in [3.8, 4) is 5.75 Å². The zero-order chi connectivity index (χ0) is 11.7. The summed E-state index contributed by atoms with van der Waals surface area (Å²) in [6, 6.07) is 8.21. The van der Waals surface area contributed by atoms with Gasteiger partial charge in [-0.1, -0.05) is 6.07 Å². The van der Waals surface area contributed by atoms with Crippen molar-refractivity contribution < 1.29 is 4.74 Å². The first-order valence-corrected chi connectivity index (χ1v) is 5.57. The van der Waals surface area contributed by atoms with Crippen molar-refractivity contribution >= 4 is 10.9 Å². The van der Waals surface area contributed by atoms with Crippen molar-refractivity contribution in [3.63, 3.8) is 0 Å². The highest BCUT2D eigenvalue weighted by Gasteiger charge is 2.09. The number of nitrogens with zero attached hydrogens (tertiary/aromatic N) is 1. The maximum absolute atomic E-state index is 5.79. The van der Waals surface area contributed by atoms with E-state index in [1.165, 1.54) is 5.52 Å². The third-order valence-corrected chi connectivity index (χ3v) is 2.72. The quantitative estimate of drug-likeness (QED) is 0.859. The highest BCUT2D eigenvalue weighted by atomic mass is 16.5. The maximum atomic E-state index is 5.79. The molecule has 0 spiro atoms. The molecule has 2 N–H and O–H groups in total. The standard InChI is InChI=1S/C13H18N2O/c1-9(2)16-13-6-4-5-12-11(13)7-10(8-14)15(12)3/h4-7,9H,8,14H2,1-3H3. The molecular formula is C13H18N2O. The van der Waals surface area contributed by atoms with Gasteiger partial charge in [-0.2, -0.15) is 0 Å². The van der Waals surface area contributed by atoms with E-state index in [-0.39, 0.29) is 6.10 Å². The van der Waals surface area contributed by atoms with Gasteiger partial charge in [0, 0.05) is 24.7 Å². The summed E-state index contributed by atoms with van der Waals surface area (Å²) in [5, 5.41) is 1.14. The lowest BCUT2D eigenvalue weighted by Crippen LogP contribution is -2.05. The number of ether oxygens (including phenoxy) is 1. The number of fused-ring (bicyclic) bond motifs is 1. The molecule has 0 bridgehead atoms. The van der Waals surface area contributed by atoms with Gasteiger partial charge < -0.3 is 15.0 Å². The van der Waals surface area contributed by atoms with Crippen LogP contribution in [0.2, 0.25) is 0 Å². The van der Waals surface area contributed by atoms with E-state index in [4.69, 9.17) is 10.5 Å². The molecule has 0 aliphatic heterocycles. The average Bonchev–Trinajstić information content (AvgIpc) is 2.56. The Morgan fingerprint density at radius 1 is 1.38 bits per heavy atom. The summed E-state index contributed by atoms with van der Waals surface area (Å²) in [6.07, 6.45) is 0.187. The van der Waals surface area contributed by atoms with Crippen molar-refractivity contribution in [2.75, 3.05) is 0 Å². The first-order valence-electron chi connectivity index (χ1n) is 5.57. The molecule has 1 aromatic carbocycles. The van der Waals surface area contributed by atoms with Crippen molar-refractivity contribution in [1.29, 1.82) is 0 Å². The molecule has 0 fully saturated rings. The summed E-state index contributed by atoms with van der Waals surface area (Å²) in [6.45, 7) is 4.61. The van der Waals surface area contributed by atoms with Crippen LogP contribution in [0.5, 0.6) is 5.75 Å². The SMILES string of the molecule is CC(C)Oc1cccc2c1cc(CN)n2C. The van der Waals surface area contributed by atoms with Gasteiger partial charge in [-0.3, -0.25) is 0 Å². The van der Waals surface area contributed by atoms with Crippen LogP contribution in [0.15, 0.2) is 24.3 Å². The van der Waals surface area contributed by atoms with Crippen LogP contribution in [0.3, 0.4) is 0 Å². The minimum absolute atomic E-state index is 0.187. The maximum Gasteiger partial charge on any atom is 0.129 e. The Hall–Kier alpha value is -1.48. The number of aromatic nitrogens is 1. The van der Waals surface area contributed by atoms with Crippen molar-refractivity contribution in [1.82, 2.24) is 4.57 Å². The molecule has 0 amide bonds. The molecule has 0 unspecified atom stereocenters. The first kappa shape index (κ1) is 11.0. The summed E-state index contributed by atoms with van der Waals surface area (Å²) >= 11 is 0. The van der Waals surface area contributed by atoms with E-state index in [0.29, 0.717) is 6.54 Å². The van der Waals surface area contributed by atoms with E-state index in [9.17, 15) is 0 Å². The Bertz CT molecular complexity index is 500. The van der Waals surface area contributed by atoms with Crippen LogP contribution in [0.1, 0.15) is 19.5 Å². The Morgan fingerprint density at radius 3 is 2.75 bits per heavy atom. The molecule has 0 atom stereocenters. The van der Waals surface area contributed by atoms with E-state index in [2.05, 4.69) is 16.7 Å². The van der Waals surface area contributed by atoms with Gasteiger partial charge in [0.2, 0.25) is 0 Å². The number of rotatable bonds is 3. The second kappa shape index (κ2) is 4.18. The zero-order valence-corrected chi connectivity index (χ0v) is 10.0. The third-order valence-electron chi connectivity index (χ3n) is 2.72. The van der Waals surface area contributed by atoms with Crippen LogP contribution < -0.4 is 10.5 Å². The van der Waals surface area contributed by atoms with Crippen LogP contribution in [0.4, 0.5) is 0 Å². The molecule has 3 heteroatoms. The smallest absolute Gasteiger partial charge is 0.129 e. The summed E-state index contributed by atoms with van der Waals surface area (Å²) in [5.41, 5.74) is 7.99.